The van der Waals surface area contributed by atoms with Crippen molar-refractivity contribution < 1.29 is 14.3 Å². The van der Waals surface area contributed by atoms with E-state index in [9.17, 15) is 19.1 Å². The number of hydrogen-bond donors (Lipinski definition) is 3. The summed E-state index contributed by atoms with van der Waals surface area (Å²) in [7, 11) is 0. The van der Waals surface area contributed by atoms with E-state index >= 15 is 0 Å². The van der Waals surface area contributed by atoms with E-state index in [2.05, 4.69) is 20.4 Å². The van der Waals surface area contributed by atoms with Crippen molar-refractivity contribution in [3.8, 4) is 5.69 Å². The van der Waals surface area contributed by atoms with Crippen LogP contribution in [0, 0.1) is 17.7 Å². The third-order valence-electron chi connectivity index (χ3n) is 4.52. The van der Waals surface area contributed by atoms with E-state index in [4.69, 9.17) is 0 Å². The van der Waals surface area contributed by atoms with Crippen LogP contribution in [0.1, 0.15) is 12.8 Å². The Bertz CT molecular complexity index is 1040. The molecule has 0 bridgehead atoms. The minimum atomic E-state index is -0.841. The van der Waals surface area contributed by atoms with Crippen molar-refractivity contribution in [2.24, 2.45) is 11.8 Å². The molecule has 0 saturated heterocycles. The summed E-state index contributed by atoms with van der Waals surface area (Å²) < 4.78 is 14.6. The molecule has 1 aliphatic carbocycles. The molecule has 3 heterocycles. The van der Waals surface area contributed by atoms with E-state index in [0.717, 1.165) is 23.7 Å². The third kappa shape index (κ3) is 3.03. The average Bonchev–Trinajstić information content (AvgIpc) is 3.36. The molecule has 1 unspecified atom stereocenters. The topological polar surface area (TPSA) is 113 Å². The fourth-order valence-corrected chi connectivity index (χ4v) is 2.99. The molecular formula is C17H16FN5O3. The van der Waals surface area contributed by atoms with Crippen LogP contribution in [0.3, 0.4) is 0 Å². The second-order valence-electron chi connectivity index (χ2n) is 6.36. The number of hydrogen-bond acceptors (Lipinski definition) is 5. The molecule has 26 heavy (non-hydrogen) atoms. The number of carbonyl (C=O) groups is 1. The van der Waals surface area contributed by atoms with E-state index in [0.29, 0.717) is 22.5 Å². The number of carboxylic acid groups (broad SMARTS) is 1. The van der Waals surface area contributed by atoms with Gasteiger partial charge in [-0.1, -0.05) is 0 Å². The van der Waals surface area contributed by atoms with Crippen molar-refractivity contribution in [1.29, 1.82) is 0 Å². The minimum absolute atomic E-state index is 0.188. The minimum Gasteiger partial charge on any atom is -0.481 e. The number of fused-ring (bicyclic) bond motifs is 1. The standard InChI is InChI=1S/C17H16FN5O3/c18-10-5-11-13(8-21-16(11)20-6-10)23-15(24)4-3-14(22-23)19-7-12(17(25)26)9-1-2-9/h3-6,8-9,12H,1-2,7H2,(H,19,22)(H,20,21)(H,25,26). The monoisotopic (exact) mass is 357 g/mol. The number of carboxylic acids is 1. The van der Waals surface area contributed by atoms with E-state index in [1.54, 1.807) is 0 Å². The molecule has 0 radical (unpaired) electrons. The molecule has 3 aromatic rings. The highest BCUT2D eigenvalue weighted by atomic mass is 19.1. The van der Waals surface area contributed by atoms with Crippen molar-refractivity contribution in [3.63, 3.8) is 0 Å². The van der Waals surface area contributed by atoms with Gasteiger partial charge in [0, 0.05) is 24.2 Å². The Morgan fingerprint density at radius 1 is 1.46 bits per heavy atom. The van der Waals surface area contributed by atoms with Crippen molar-refractivity contribution in [2.45, 2.75) is 12.8 Å². The van der Waals surface area contributed by atoms with Crippen LogP contribution in [0.5, 0.6) is 0 Å². The lowest BCUT2D eigenvalue weighted by Gasteiger charge is -2.13. The molecule has 8 nitrogen and oxygen atoms in total. The van der Waals surface area contributed by atoms with E-state index < -0.39 is 23.3 Å². The highest BCUT2D eigenvalue weighted by molar-refractivity contribution is 5.85. The summed E-state index contributed by atoms with van der Waals surface area (Å²) in [6.07, 6.45) is 4.44. The quantitative estimate of drug-likeness (QED) is 0.620. The second kappa shape index (κ2) is 6.25. The van der Waals surface area contributed by atoms with Gasteiger partial charge >= 0.3 is 5.97 Å². The molecule has 3 N–H and O–H groups in total. The number of aliphatic carboxylic acids is 1. The molecule has 0 aromatic carbocycles. The first-order valence-corrected chi connectivity index (χ1v) is 8.23. The highest BCUT2D eigenvalue weighted by Gasteiger charge is 2.35. The van der Waals surface area contributed by atoms with E-state index in [1.165, 1.54) is 24.4 Å². The van der Waals surface area contributed by atoms with Gasteiger partial charge in [-0.3, -0.25) is 9.59 Å². The predicted octanol–water partition coefficient (Wildman–Crippen LogP) is 1.77. The van der Waals surface area contributed by atoms with Crippen LogP contribution in [-0.4, -0.2) is 37.4 Å². The number of aromatic nitrogens is 4. The number of nitrogens with zero attached hydrogens (tertiary/aromatic N) is 3. The Morgan fingerprint density at radius 3 is 3.00 bits per heavy atom. The fourth-order valence-electron chi connectivity index (χ4n) is 2.99. The summed E-state index contributed by atoms with van der Waals surface area (Å²) in [6, 6.07) is 4.10. The molecule has 1 saturated carbocycles. The number of anilines is 1. The summed E-state index contributed by atoms with van der Waals surface area (Å²) in [6.45, 7) is 0.231. The normalized spacial score (nSPS) is 15.1. The van der Waals surface area contributed by atoms with E-state index in [1.807, 2.05) is 0 Å². The molecule has 0 aliphatic heterocycles. The summed E-state index contributed by atoms with van der Waals surface area (Å²) in [5.41, 5.74) is 0.420. The van der Waals surface area contributed by atoms with Crippen LogP contribution in [0.4, 0.5) is 10.2 Å². The van der Waals surface area contributed by atoms with Crippen LogP contribution < -0.4 is 10.9 Å². The molecule has 9 heteroatoms. The molecule has 134 valence electrons. The first kappa shape index (κ1) is 16.2. The molecule has 3 aromatic heterocycles. The van der Waals surface area contributed by atoms with Gasteiger partial charge in [-0.2, -0.15) is 4.68 Å². The lowest BCUT2D eigenvalue weighted by atomic mass is 10.0. The molecule has 1 atom stereocenters. The van der Waals surface area contributed by atoms with Gasteiger partial charge < -0.3 is 15.4 Å². The Morgan fingerprint density at radius 2 is 2.27 bits per heavy atom. The molecule has 1 aliphatic rings. The maximum absolute atomic E-state index is 13.5. The van der Waals surface area contributed by atoms with Gasteiger partial charge in [-0.05, 0) is 30.9 Å². The smallest absolute Gasteiger partial charge is 0.308 e. The maximum atomic E-state index is 13.5. The summed E-state index contributed by atoms with van der Waals surface area (Å²) in [5, 5.41) is 16.9. The number of pyridine rings is 1. The van der Waals surface area contributed by atoms with Crippen molar-refractivity contribution in [1.82, 2.24) is 19.7 Å². The number of nitrogens with one attached hydrogen (secondary N) is 2. The van der Waals surface area contributed by atoms with Gasteiger partial charge in [-0.25, -0.2) is 9.37 Å². The lowest BCUT2D eigenvalue weighted by Crippen LogP contribution is -2.27. The lowest BCUT2D eigenvalue weighted by molar-refractivity contribution is -0.141. The van der Waals surface area contributed by atoms with Crippen LogP contribution in [0.25, 0.3) is 16.7 Å². The van der Waals surface area contributed by atoms with Crippen LogP contribution >= 0.6 is 0 Å². The van der Waals surface area contributed by atoms with Gasteiger partial charge in [0.25, 0.3) is 5.56 Å². The largest absolute Gasteiger partial charge is 0.481 e. The van der Waals surface area contributed by atoms with Crippen LogP contribution in [-0.2, 0) is 4.79 Å². The third-order valence-corrected chi connectivity index (χ3v) is 4.52. The van der Waals surface area contributed by atoms with Crippen molar-refractivity contribution in [2.75, 3.05) is 11.9 Å². The number of H-pyrrole nitrogens is 1. The fraction of sp³-hybridized carbons (Fsp3) is 0.294. The highest BCUT2D eigenvalue weighted by Crippen LogP contribution is 2.37. The number of halogens is 1. The molecule has 0 spiro atoms. The number of rotatable bonds is 6. The van der Waals surface area contributed by atoms with Gasteiger partial charge in [0.2, 0.25) is 0 Å². The Hall–Kier alpha value is -3.23. The zero-order valence-electron chi connectivity index (χ0n) is 13.6. The van der Waals surface area contributed by atoms with Crippen LogP contribution in [0.15, 0.2) is 35.4 Å². The Kier molecular flexibility index (Phi) is 3.90. The summed E-state index contributed by atoms with van der Waals surface area (Å²) in [4.78, 5) is 30.3. The average molecular weight is 357 g/mol. The van der Waals surface area contributed by atoms with Crippen molar-refractivity contribution in [3.05, 3.63) is 46.8 Å². The summed E-state index contributed by atoms with van der Waals surface area (Å²) >= 11 is 0. The van der Waals surface area contributed by atoms with Crippen LogP contribution in [0.2, 0.25) is 0 Å². The molecule has 0 amide bonds. The summed E-state index contributed by atoms with van der Waals surface area (Å²) in [5.74, 6) is -1.28. The first-order chi connectivity index (χ1) is 12.5. The first-order valence-electron chi connectivity index (χ1n) is 8.23. The van der Waals surface area contributed by atoms with E-state index in [-0.39, 0.29) is 12.5 Å². The molecular weight excluding hydrogens is 341 g/mol. The zero-order chi connectivity index (χ0) is 18.3. The zero-order valence-corrected chi connectivity index (χ0v) is 13.6. The number of aromatic amines is 1. The SMILES string of the molecule is O=C(O)C(CNc1ccc(=O)n(-c2c[nH]c3ncc(F)cc23)n1)C1CC1. The molecule has 1 fully saturated rings. The van der Waals surface area contributed by atoms with Gasteiger partial charge in [0.05, 0.1) is 17.8 Å². The predicted molar refractivity (Wildman–Crippen MR) is 91.8 cm³/mol. The van der Waals surface area contributed by atoms with Crippen molar-refractivity contribution >= 4 is 22.8 Å². The molecule has 4 rings (SSSR count). The van der Waals surface area contributed by atoms with Gasteiger partial charge in [-0.15, -0.1) is 5.10 Å². The van der Waals surface area contributed by atoms with Gasteiger partial charge in [0.15, 0.2) is 0 Å². The Labute approximate surface area is 146 Å². The van der Waals surface area contributed by atoms with Gasteiger partial charge in [0.1, 0.15) is 17.3 Å². The Balaban J connectivity index is 1.64. The second-order valence-corrected chi connectivity index (χ2v) is 6.36. The maximum Gasteiger partial charge on any atom is 0.308 e.